The zero-order chi connectivity index (χ0) is 25.9. The number of phenolic OH excluding ortho intramolecular Hbond substituents is 1. The average molecular weight is 521 g/mol. The van der Waals surface area contributed by atoms with E-state index in [1.54, 1.807) is 0 Å². The van der Waals surface area contributed by atoms with Crippen molar-refractivity contribution >= 4 is 40.3 Å². The lowest BCUT2D eigenvalue weighted by molar-refractivity contribution is -0.404. The van der Waals surface area contributed by atoms with Gasteiger partial charge in [0.15, 0.2) is 0 Å². The van der Waals surface area contributed by atoms with Gasteiger partial charge >= 0.3 is 11.4 Å². The maximum atomic E-state index is 10.4. The fourth-order valence-corrected chi connectivity index (χ4v) is 4.18. The standard InChI is InChI=1S/C16H15Cl2N.C6H3N3O7/c17-14-7-5-10(9-15(14)18)11-6-8-16(19)13-4-2-1-3-12(11)13;10-6-4(8(13)14)1-3(7(11)12)2-5(6)9(15)16/h1-5,7,9,11,16H,6,8,19H2;1-2,10H/t11-,16-;/m0./s1. The number of rotatable bonds is 4. The van der Waals surface area contributed by atoms with E-state index >= 15 is 0 Å². The minimum absolute atomic E-state index is 0.148. The minimum Gasteiger partial charge on any atom is -0.497 e. The van der Waals surface area contributed by atoms with Crippen molar-refractivity contribution < 1.29 is 19.9 Å². The largest absolute Gasteiger partial charge is 0.497 e. The van der Waals surface area contributed by atoms with Crippen LogP contribution < -0.4 is 5.73 Å². The summed E-state index contributed by atoms with van der Waals surface area (Å²) in [6.07, 6.45) is 2.05. The number of fused-ring (bicyclic) bond motifs is 1. The fourth-order valence-electron chi connectivity index (χ4n) is 3.87. The molecule has 0 spiro atoms. The Kier molecular flexibility index (Phi) is 7.85. The van der Waals surface area contributed by atoms with Crippen molar-refractivity contribution in [1.29, 1.82) is 0 Å². The predicted octanol–water partition coefficient (Wildman–Crippen LogP) is 6.04. The molecule has 0 unspecified atom stereocenters. The third-order valence-electron chi connectivity index (χ3n) is 5.54. The van der Waals surface area contributed by atoms with Crippen molar-refractivity contribution in [1.82, 2.24) is 0 Å². The maximum Gasteiger partial charge on any atom is 0.324 e. The second-order valence-electron chi connectivity index (χ2n) is 7.64. The second-order valence-corrected chi connectivity index (χ2v) is 8.46. The molecule has 3 aromatic carbocycles. The van der Waals surface area contributed by atoms with Crippen LogP contribution in [-0.2, 0) is 0 Å². The maximum absolute atomic E-state index is 10.4. The Morgan fingerprint density at radius 1 is 0.800 bits per heavy atom. The summed E-state index contributed by atoms with van der Waals surface area (Å²) >= 11 is 12.1. The van der Waals surface area contributed by atoms with E-state index in [0.717, 1.165) is 12.8 Å². The Morgan fingerprint density at radius 3 is 1.89 bits per heavy atom. The van der Waals surface area contributed by atoms with Crippen molar-refractivity contribution in [2.24, 2.45) is 5.73 Å². The van der Waals surface area contributed by atoms with E-state index in [1.165, 1.54) is 16.7 Å². The molecule has 4 rings (SSSR count). The van der Waals surface area contributed by atoms with Gasteiger partial charge in [-0.15, -0.1) is 0 Å². The third-order valence-corrected chi connectivity index (χ3v) is 6.28. The number of phenols is 1. The zero-order valence-electron chi connectivity index (χ0n) is 17.8. The number of halogens is 2. The third kappa shape index (κ3) is 5.65. The van der Waals surface area contributed by atoms with Gasteiger partial charge in [0.25, 0.3) is 11.4 Å². The predicted molar refractivity (Wildman–Crippen MR) is 129 cm³/mol. The first-order valence-corrected chi connectivity index (χ1v) is 10.9. The van der Waals surface area contributed by atoms with Crippen molar-refractivity contribution in [3.8, 4) is 5.75 Å². The van der Waals surface area contributed by atoms with Gasteiger partial charge in [0.05, 0.1) is 36.9 Å². The Labute approximate surface area is 208 Å². The van der Waals surface area contributed by atoms with Gasteiger partial charge in [-0.2, -0.15) is 0 Å². The van der Waals surface area contributed by atoms with E-state index in [2.05, 4.69) is 30.3 Å². The smallest absolute Gasteiger partial charge is 0.324 e. The number of nitrogens with zero attached hydrogens (tertiary/aromatic N) is 3. The SMILES string of the molecule is N[C@H]1CC[C@@H](c2ccc(Cl)c(Cl)c2)c2ccccc21.O=[N+]([O-])c1cc([N+](=O)[O-])c(O)c([N+](=O)[O-])c1. The Hall–Kier alpha value is -3.80. The van der Waals surface area contributed by atoms with Crippen LogP contribution in [0.25, 0.3) is 0 Å². The highest BCUT2D eigenvalue weighted by atomic mass is 35.5. The van der Waals surface area contributed by atoms with Gasteiger partial charge in [0.2, 0.25) is 0 Å². The summed E-state index contributed by atoms with van der Waals surface area (Å²) < 4.78 is 0. The molecule has 0 amide bonds. The summed E-state index contributed by atoms with van der Waals surface area (Å²) in [5.74, 6) is -0.841. The second kappa shape index (κ2) is 10.6. The minimum atomic E-state index is -1.21. The molecular formula is C22H18Cl2N4O7. The Balaban J connectivity index is 0.000000199. The quantitative estimate of drug-likeness (QED) is 0.309. The molecule has 0 radical (unpaired) electrons. The van der Waals surface area contributed by atoms with Gasteiger partial charge in [0, 0.05) is 12.0 Å². The molecule has 13 heteroatoms. The topological polar surface area (TPSA) is 176 Å². The summed E-state index contributed by atoms with van der Waals surface area (Å²) in [5, 5.41) is 41.4. The number of hydrogen-bond donors (Lipinski definition) is 2. The molecule has 0 aromatic heterocycles. The molecule has 0 saturated carbocycles. The Bertz CT molecular complexity index is 1280. The van der Waals surface area contributed by atoms with E-state index < -0.39 is 37.6 Å². The van der Waals surface area contributed by atoms with Gasteiger partial charge in [-0.25, -0.2) is 0 Å². The molecule has 1 aliphatic rings. The highest BCUT2D eigenvalue weighted by Crippen LogP contribution is 2.41. The van der Waals surface area contributed by atoms with E-state index in [-0.39, 0.29) is 6.04 Å². The van der Waals surface area contributed by atoms with E-state index in [9.17, 15) is 30.3 Å². The van der Waals surface area contributed by atoms with Crippen LogP contribution in [0.2, 0.25) is 10.0 Å². The lowest BCUT2D eigenvalue weighted by Gasteiger charge is -2.30. The molecule has 2 atom stereocenters. The van der Waals surface area contributed by atoms with Crippen LogP contribution in [0.5, 0.6) is 5.75 Å². The molecule has 3 aromatic rings. The molecule has 0 fully saturated rings. The molecule has 0 bridgehead atoms. The van der Waals surface area contributed by atoms with E-state index in [0.29, 0.717) is 28.1 Å². The van der Waals surface area contributed by atoms with Crippen LogP contribution >= 0.6 is 23.2 Å². The number of non-ortho nitro benzene ring substituents is 1. The lowest BCUT2D eigenvalue weighted by atomic mass is 9.77. The van der Waals surface area contributed by atoms with Crippen molar-refractivity contribution in [3.63, 3.8) is 0 Å². The molecule has 3 N–H and O–H groups in total. The highest BCUT2D eigenvalue weighted by molar-refractivity contribution is 6.42. The fraction of sp³-hybridized carbons (Fsp3) is 0.182. The monoisotopic (exact) mass is 520 g/mol. The summed E-state index contributed by atoms with van der Waals surface area (Å²) in [6.45, 7) is 0. The summed E-state index contributed by atoms with van der Waals surface area (Å²) in [6, 6.07) is 15.4. The normalized spacial score (nSPS) is 16.4. The molecule has 0 aliphatic heterocycles. The van der Waals surface area contributed by atoms with Crippen molar-refractivity contribution in [2.75, 3.05) is 0 Å². The van der Waals surface area contributed by atoms with Crippen LogP contribution in [0, 0.1) is 30.3 Å². The van der Waals surface area contributed by atoms with Crippen LogP contribution in [0.1, 0.15) is 41.5 Å². The average Bonchev–Trinajstić information content (AvgIpc) is 2.81. The molecule has 0 saturated heterocycles. The first kappa shape index (κ1) is 25.8. The van der Waals surface area contributed by atoms with Crippen LogP contribution in [-0.4, -0.2) is 19.9 Å². The molecule has 11 nitrogen and oxygen atoms in total. The van der Waals surface area contributed by atoms with E-state index in [1.807, 2.05) is 12.1 Å². The van der Waals surface area contributed by atoms with Crippen LogP contribution in [0.4, 0.5) is 17.1 Å². The van der Waals surface area contributed by atoms with Crippen LogP contribution in [0.15, 0.2) is 54.6 Å². The van der Waals surface area contributed by atoms with Gasteiger partial charge < -0.3 is 10.8 Å². The van der Waals surface area contributed by atoms with E-state index in [4.69, 9.17) is 34.0 Å². The number of hydrogen-bond acceptors (Lipinski definition) is 8. The van der Waals surface area contributed by atoms with Gasteiger partial charge in [-0.1, -0.05) is 53.5 Å². The summed E-state index contributed by atoms with van der Waals surface area (Å²) in [7, 11) is 0. The molecule has 0 heterocycles. The molecule has 182 valence electrons. The molecule has 35 heavy (non-hydrogen) atoms. The van der Waals surface area contributed by atoms with Gasteiger partial charge in [-0.3, -0.25) is 30.3 Å². The number of aromatic hydroxyl groups is 1. The van der Waals surface area contributed by atoms with Crippen molar-refractivity contribution in [3.05, 3.63) is 112 Å². The van der Waals surface area contributed by atoms with Gasteiger partial charge in [-0.05, 0) is 41.7 Å². The summed E-state index contributed by atoms with van der Waals surface area (Å²) in [5.41, 5.74) is 6.98. The number of nitro groups is 3. The number of nitrogens with two attached hydrogens (primary N) is 1. The van der Waals surface area contributed by atoms with Crippen LogP contribution in [0.3, 0.4) is 0 Å². The lowest BCUT2D eigenvalue weighted by Crippen LogP contribution is -2.20. The molecule has 1 aliphatic carbocycles. The van der Waals surface area contributed by atoms with Crippen molar-refractivity contribution in [2.45, 2.75) is 24.8 Å². The highest BCUT2D eigenvalue weighted by Gasteiger charge is 2.30. The van der Waals surface area contributed by atoms with Gasteiger partial charge in [0.1, 0.15) is 0 Å². The number of nitro benzene ring substituents is 3. The summed E-state index contributed by atoms with van der Waals surface area (Å²) in [4.78, 5) is 27.8. The Morgan fingerprint density at radius 2 is 1.37 bits per heavy atom. The number of benzene rings is 3. The molecular weight excluding hydrogens is 503 g/mol. The zero-order valence-corrected chi connectivity index (χ0v) is 19.3. The first-order chi connectivity index (χ1) is 16.5. The first-order valence-electron chi connectivity index (χ1n) is 10.1.